The van der Waals surface area contributed by atoms with Gasteiger partial charge in [-0.1, -0.05) is 47.5 Å². The molecule has 0 unspecified atom stereocenters. The van der Waals surface area contributed by atoms with Crippen LogP contribution in [0.2, 0.25) is 10.0 Å². The van der Waals surface area contributed by atoms with E-state index in [9.17, 15) is 4.79 Å². The third-order valence-corrected chi connectivity index (χ3v) is 5.05. The molecular weight excluding hydrogens is 355 g/mol. The minimum Gasteiger partial charge on any atom is -0.340 e. The van der Waals surface area contributed by atoms with E-state index in [0.29, 0.717) is 6.42 Å². The van der Waals surface area contributed by atoms with Crippen LogP contribution in [0.1, 0.15) is 17.5 Å². The van der Waals surface area contributed by atoms with Gasteiger partial charge in [0.2, 0.25) is 5.91 Å². The largest absolute Gasteiger partial charge is 0.340 e. The Hall–Kier alpha value is -1.55. The van der Waals surface area contributed by atoms with Crippen molar-refractivity contribution in [3.8, 4) is 0 Å². The number of rotatable bonds is 5. The monoisotopic (exact) mass is 376 g/mol. The van der Waals surface area contributed by atoms with Gasteiger partial charge >= 0.3 is 0 Å². The van der Waals surface area contributed by atoms with E-state index in [1.165, 1.54) is 5.56 Å². The minimum atomic E-state index is 0.234. The Labute approximate surface area is 159 Å². The van der Waals surface area contributed by atoms with Gasteiger partial charge in [0.05, 0.1) is 0 Å². The van der Waals surface area contributed by atoms with Crippen molar-refractivity contribution in [2.24, 2.45) is 0 Å². The third-order valence-electron chi connectivity index (χ3n) is 4.56. The van der Waals surface area contributed by atoms with E-state index in [1.54, 1.807) is 0 Å². The first kappa shape index (κ1) is 18.2. The molecule has 132 valence electrons. The molecule has 0 aliphatic carbocycles. The van der Waals surface area contributed by atoms with Crippen molar-refractivity contribution in [3.63, 3.8) is 0 Å². The molecule has 1 fully saturated rings. The second kappa shape index (κ2) is 8.70. The number of hydrogen-bond acceptors (Lipinski definition) is 2. The van der Waals surface area contributed by atoms with Crippen LogP contribution >= 0.6 is 23.2 Å². The van der Waals surface area contributed by atoms with Crippen molar-refractivity contribution >= 4 is 29.1 Å². The lowest BCUT2D eigenvalue weighted by Crippen LogP contribution is -2.48. The molecule has 0 bridgehead atoms. The Bertz CT molecular complexity index is 710. The summed E-state index contributed by atoms with van der Waals surface area (Å²) in [4.78, 5) is 16.8. The predicted molar refractivity (Wildman–Crippen MR) is 103 cm³/mol. The predicted octanol–water partition coefficient (Wildman–Crippen LogP) is 4.27. The molecule has 3 nitrogen and oxygen atoms in total. The van der Waals surface area contributed by atoms with E-state index in [-0.39, 0.29) is 5.91 Å². The summed E-state index contributed by atoms with van der Waals surface area (Å²) in [5.74, 6) is 0.234. The van der Waals surface area contributed by atoms with E-state index in [0.717, 1.165) is 54.8 Å². The number of carbonyl (C=O) groups excluding carboxylic acids is 1. The summed E-state index contributed by atoms with van der Waals surface area (Å²) in [7, 11) is 0. The third kappa shape index (κ3) is 5.46. The van der Waals surface area contributed by atoms with Crippen LogP contribution in [0.15, 0.2) is 48.5 Å². The van der Waals surface area contributed by atoms with E-state index in [1.807, 2.05) is 47.4 Å². The van der Waals surface area contributed by atoms with Gasteiger partial charge in [0.15, 0.2) is 0 Å². The van der Waals surface area contributed by atoms with Gasteiger partial charge in [-0.2, -0.15) is 0 Å². The number of benzene rings is 2. The van der Waals surface area contributed by atoms with Crippen LogP contribution in [0, 0.1) is 0 Å². The number of nitrogens with zero attached hydrogens (tertiary/aromatic N) is 2. The highest BCUT2D eigenvalue weighted by atomic mass is 35.5. The highest BCUT2D eigenvalue weighted by Gasteiger charge is 2.20. The maximum atomic E-state index is 12.4. The van der Waals surface area contributed by atoms with Gasteiger partial charge in [0.1, 0.15) is 0 Å². The van der Waals surface area contributed by atoms with E-state index in [4.69, 9.17) is 23.2 Å². The summed E-state index contributed by atoms with van der Waals surface area (Å²) in [6.07, 6.45) is 1.31. The van der Waals surface area contributed by atoms with Crippen LogP contribution in [0.3, 0.4) is 0 Å². The Morgan fingerprint density at radius 3 is 2.28 bits per heavy atom. The van der Waals surface area contributed by atoms with Gasteiger partial charge in [-0.05, 0) is 41.8 Å². The van der Waals surface area contributed by atoms with E-state index >= 15 is 0 Å². The van der Waals surface area contributed by atoms with Gasteiger partial charge in [0.25, 0.3) is 0 Å². The van der Waals surface area contributed by atoms with Crippen molar-refractivity contribution in [3.05, 3.63) is 69.7 Å². The molecule has 0 radical (unpaired) electrons. The molecule has 25 heavy (non-hydrogen) atoms. The Kier molecular flexibility index (Phi) is 6.35. The average Bonchev–Trinajstić information content (AvgIpc) is 2.62. The number of halogens is 2. The molecule has 1 saturated heterocycles. The molecule has 0 atom stereocenters. The van der Waals surface area contributed by atoms with Crippen molar-refractivity contribution in [2.75, 3.05) is 26.2 Å². The molecule has 2 aromatic rings. The molecule has 0 aromatic heterocycles. The quantitative estimate of drug-likeness (QED) is 0.777. The summed E-state index contributed by atoms with van der Waals surface area (Å²) in [6.45, 7) is 4.27. The lowest BCUT2D eigenvalue weighted by molar-refractivity contribution is -0.133. The first-order chi connectivity index (χ1) is 12.1. The van der Waals surface area contributed by atoms with Crippen LogP contribution in [0.25, 0.3) is 0 Å². The van der Waals surface area contributed by atoms with Gasteiger partial charge in [-0.15, -0.1) is 0 Å². The molecule has 0 spiro atoms. The normalized spacial score (nSPS) is 15.4. The summed E-state index contributed by atoms with van der Waals surface area (Å²) in [6, 6.07) is 15.7. The maximum Gasteiger partial charge on any atom is 0.222 e. The molecule has 0 N–H and O–H groups in total. The lowest BCUT2D eigenvalue weighted by Gasteiger charge is -2.35. The molecule has 2 aromatic carbocycles. The number of piperazine rings is 1. The van der Waals surface area contributed by atoms with Crippen LogP contribution < -0.4 is 0 Å². The summed E-state index contributed by atoms with van der Waals surface area (Å²) >= 11 is 11.9. The molecule has 3 rings (SSSR count). The lowest BCUT2D eigenvalue weighted by atomic mass is 10.1. The van der Waals surface area contributed by atoms with Crippen LogP contribution in [-0.2, 0) is 17.8 Å². The minimum absolute atomic E-state index is 0.234. The second-order valence-corrected chi connectivity index (χ2v) is 7.29. The Balaban J connectivity index is 1.43. The van der Waals surface area contributed by atoms with Gasteiger partial charge in [0, 0.05) is 49.2 Å². The SMILES string of the molecule is O=C(CCc1ccc(Cl)cc1)N1CCN(Cc2cccc(Cl)c2)CC1. The maximum absolute atomic E-state index is 12.4. The van der Waals surface area contributed by atoms with Crippen LogP contribution in [-0.4, -0.2) is 41.9 Å². The number of carbonyl (C=O) groups is 1. The van der Waals surface area contributed by atoms with Crippen molar-refractivity contribution < 1.29 is 4.79 Å². The fourth-order valence-electron chi connectivity index (χ4n) is 3.11. The van der Waals surface area contributed by atoms with Gasteiger partial charge < -0.3 is 4.90 Å². The van der Waals surface area contributed by atoms with Gasteiger partial charge in [-0.25, -0.2) is 0 Å². The number of amides is 1. The second-order valence-electron chi connectivity index (χ2n) is 6.41. The fourth-order valence-corrected chi connectivity index (χ4v) is 3.45. The zero-order chi connectivity index (χ0) is 17.6. The fraction of sp³-hybridized carbons (Fsp3) is 0.350. The summed E-state index contributed by atoms with van der Waals surface area (Å²) < 4.78 is 0. The zero-order valence-corrected chi connectivity index (χ0v) is 15.6. The number of aryl methyl sites for hydroxylation is 1. The van der Waals surface area contributed by atoms with Crippen molar-refractivity contribution in [1.29, 1.82) is 0 Å². The first-order valence-electron chi connectivity index (χ1n) is 8.59. The molecular formula is C20H22Cl2N2O. The van der Waals surface area contributed by atoms with E-state index in [2.05, 4.69) is 11.0 Å². The highest BCUT2D eigenvalue weighted by molar-refractivity contribution is 6.30. The molecule has 1 amide bonds. The Morgan fingerprint density at radius 1 is 0.880 bits per heavy atom. The molecule has 1 aliphatic heterocycles. The summed E-state index contributed by atoms with van der Waals surface area (Å²) in [5, 5.41) is 1.50. The topological polar surface area (TPSA) is 23.6 Å². The van der Waals surface area contributed by atoms with Crippen LogP contribution in [0.4, 0.5) is 0 Å². The highest BCUT2D eigenvalue weighted by Crippen LogP contribution is 2.15. The average molecular weight is 377 g/mol. The first-order valence-corrected chi connectivity index (χ1v) is 9.35. The Morgan fingerprint density at radius 2 is 1.60 bits per heavy atom. The van der Waals surface area contributed by atoms with Crippen molar-refractivity contribution in [1.82, 2.24) is 9.80 Å². The molecule has 1 heterocycles. The standard InChI is InChI=1S/C20H22Cl2N2O/c21-18-7-4-16(5-8-18)6-9-20(25)24-12-10-23(11-13-24)15-17-2-1-3-19(22)14-17/h1-5,7-8,14H,6,9-13,15H2. The smallest absolute Gasteiger partial charge is 0.222 e. The molecule has 1 aliphatic rings. The van der Waals surface area contributed by atoms with Crippen molar-refractivity contribution in [2.45, 2.75) is 19.4 Å². The van der Waals surface area contributed by atoms with Crippen LogP contribution in [0.5, 0.6) is 0 Å². The van der Waals surface area contributed by atoms with E-state index < -0.39 is 0 Å². The number of hydrogen-bond donors (Lipinski definition) is 0. The molecule has 5 heteroatoms. The van der Waals surface area contributed by atoms with Gasteiger partial charge in [-0.3, -0.25) is 9.69 Å². The zero-order valence-electron chi connectivity index (χ0n) is 14.1. The molecule has 0 saturated carbocycles. The summed E-state index contributed by atoms with van der Waals surface area (Å²) in [5.41, 5.74) is 2.37.